The Balaban J connectivity index is 2.57. The van der Waals surface area contributed by atoms with Crippen LogP contribution in [0.25, 0.3) is 11.0 Å². The number of fused-ring (bicyclic) bond motifs is 1. The van der Waals surface area contributed by atoms with Crippen LogP contribution in [0.3, 0.4) is 0 Å². The molecule has 88 valence electrons. The highest BCUT2D eigenvalue weighted by Gasteiger charge is 2.13. The van der Waals surface area contributed by atoms with Gasteiger partial charge in [-0.25, -0.2) is 0 Å². The Kier molecular flexibility index (Phi) is 3.49. The van der Waals surface area contributed by atoms with Crippen molar-refractivity contribution in [2.45, 2.75) is 39.5 Å². The molecule has 2 aromatic rings. The van der Waals surface area contributed by atoms with Crippen molar-refractivity contribution in [3.8, 4) is 6.07 Å². The molecule has 0 aliphatic carbocycles. The van der Waals surface area contributed by atoms with Crippen LogP contribution in [0, 0.1) is 11.3 Å². The van der Waals surface area contributed by atoms with Gasteiger partial charge in [0.2, 0.25) is 5.76 Å². The van der Waals surface area contributed by atoms with Crippen molar-refractivity contribution < 1.29 is 4.42 Å². The predicted molar refractivity (Wildman–Crippen MR) is 68.9 cm³/mol. The number of rotatable bonds is 4. The molecule has 0 fully saturated rings. The molecule has 0 aliphatic heterocycles. The van der Waals surface area contributed by atoms with E-state index in [1.165, 1.54) is 5.56 Å². The van der Waals surface area contributed by atoms with Gasteiger partial charge in [-0.2, -0.15) is 5.26 Å². The number of hydrogen-bond donors (Lipinski definition) is 0. The summed E-state index contributed by atoms with van der Waals surface area (Å²) in [7, 11) is 0. The third kappa shape index (κ3) is 2.19. The molecule has 2 rings (SSSR count). The summed E-state index contributed by atoms with van der Waals surface area (Å²) in [5.41, 5.74) is 3.23. The molecule has 1 aromatic heterocycles. The fourth-order valence-electron chi connectivity index (χ4n) is 2.23. The lowest BCUT2D eigenvalue weighted by atomic mass is 10.0. The molecule has 17 heavy (non-hydrogen) atoms. The Morgan fingerprint density at radius 1 is 1.18 bits per heavy atom. The maximum Gasteiger partial charge on any atom is 0.207 e. The zero-order valence-corrected chi connectivity index (χ0v) is 10.4. The highest BCUT2D eigenvalue weighted by molar-refractivity contribution is 5.84. The number of furan rings is 1. The minimum atomic E-state index is 0.482. The topological polar surface area (TPSA) is 36.9 Å². The van der Waals surface area contributed by atoms with E-state index in [1.54, 1.807) is 0 Å². The van der Waals surface area contributed by atoms with Crippen LogP contribution in [0.1, 0.15) is 43.6 Å². The molecule has 0 spiro atoms. The second-order valence-electron chi connectivity index (χ2n) is 4.35. The van der Waals surface area contributed by atoms with Gasteiger partial charge in [0.15, 0.2) is 0 Å². The number of nitriles is 1. The Bertz CT molecular complexity index is 560. The van der Waals surface area contributed by atoms with Crippen LogP contribution in [0.15, 0.2) is 22.6 Å². The molecule has 0 saturated heterocycles. The smallest absolute Gasteiger partial charge is 0.207 e. The normalized spacial score (nSPS) is 10.6. The van der Waals surface area contributed by atoms with E-state index in [-0.39, 0.29) is 0 Å². The van der Waals surface area contributed by atoms with E-state index in [4.69, 9.17) is 9.68 Å². The third-order valence-electron chi connectivity index (χ3n) is 3.00. The zero-order chi connectivity index (χ0) is 12.3. The van der Waals surface area contributed by atoms with Gasteiger partial charge in [0, 0.05) is 10.9 Å². The summed E-state index contributed by atoms with van der Waals surface area (Å²) in [4.78, 5) is 0. The number of nitrogens with zero attached hydrogens (tertiary/aromatic N) is 1. The highest BCUT2D eigenvalue weighted by atomic mass is 16.3. The monoisotopic (exact) mass is 227 g/mol. The zero-order valence-electron chi connectivity index (χ0n) is 10.4. The van der Waals surface area contributed by atoms with Crippen LogP contribution in [0.2, 0.25) is 0 Å². The van der Waals surface area contributed by atoms with Gasteiger partial charge < -0.3 is 4.42 Å². The van der Waals surface area contributed by atoms with Gasteiger partial charge in [-0.3, -0.25) is 0 Å². The molecular weight excluding hydrogens is 210 g/mol. The summed E-state index contributed by atoms with van der Waals surface area (Å²) < 4.78 is 5.57. The van der Waals surface area contributed by atoms with Crippen molar-refractivity contribution in [3.05, 3.63) is 35.1 Å². The first-order chi connectivity index (χ1) is 8.30. The fourth-order valence-corrected chi connectivity index (χ4v) is 2.23. The Morgan fingerprint density at radius 2 is 1.94 bits per heavy atom. The summed E-state index contributed by atoms with van der Waals surface area (Å²) in [6, 6.07) is 8.41. The third-order valence-corrected chi connectivity index (χ3v) is 3.00. The largest absolute Gasteiger partial charge is 0.445 e. The van der Waals surface area contributed by atoms with E-state index < -0.39 is 0 Å². The molecular formula is C15H17NO. The lowest BCUT2D eigenvalue weighted by Gasteiger charge is -1.99. The Hall–Kier alpha value is -1.75. The van der Waals surface area contributed by atoms with Gasteiger partial charge in [0.1, 0.15) is 11.7 Å². The minimum absolute atomic E-state index is 0.482. The molecule has 0 radical (unpaired) electrons. The molecule has 2 heteroatoms. The molecule has 0 N–H and O–H groups in total. The SMILES string of the molecule is CCCc1ccc2oc(C#N)c(CCC)c2c1. The van der Waals surface area contributed by atoms with E-state index in [9.17, 15) is 0 Å². The van der Waals surface area contributed by atoms with Gasteiger partial charge in [0.25, 0.3) is 0 Å². The molecule has 0 saturated carbocycles. The van der Waals surface area contributed by atoms with Crippen LogP contribution in [-0.4, -0.2) is 0 Å². The van der Waals surface area contributed by atoms with Crippen LogP contribution in [0.5, 0.6) is 0 Å². The molecule has 0 aliphatic rings. The van der Waals surface area contributed by atoms with E-state index in [2.05, 4.69) is 32.0 Å². The maximum absolute atomic E-state index is 9.08. The van der Waals surface area contributed by atoms with Crippen LogP contribution >= 0.6 is 0 Å². The first kappa shape index (κ1) is 11.7. The van der Waals surface area contributed by atoms with Crippen LogP contribution in [-0.2, 0) is 12.8 Å². The van der Waals surface area contributed by atoms with Crippen molar-refractivity contribution in [3.63, 3.8) is 0 Å². The van der Waals surface area contributed by atoms with Crippen molar-refractivity contribution in [1.29, 1.82) is 5.26 Å². The average Bonchev–Trinajstić information content (AvgIpc) is 2.68. The highest BCUT2D eigenvalue weighted by Crippen LogP contribution is 2.28. The van der Waals surface area contributed by atoms with Gasteiger partial charge in [-0.1, -0.05) is 32.8 Å². The average molecular weight is 227 g/mol. The fraction of sp³-hybridized carbons (Fsp3) is 0.400. The first-order valence-electron chi connectivity index (χ1n) is 6.24. The standard InChI is InChI=1S/C15H17NO/c1-3-5-11-7-8-14-13(9-11)12(6-4-2)15(10-16)17-14/h7-9H,3-6H2,1-2H3. The Labute approximate surface area is 102 Å². The van der Waals surface area contributed by atoms with Crippen molar-refractivity contribution >= 4 is 11.0 Å². The lowest BCUT2D eigenvalue weighted by Crippen LogP contribution is -1.86. The van der Waals surface area contributed by atoms with Crippen molar-refractivity contribution in [2.75, 3.05) is 0 Å². The quantitative estimate of drug-likeness (QED) is 0.784. The van der Waals surface area contributed by atoms with Crippen molar-refractivity contribution in [1.82, 2.24) is 0 Å². The molecule has 1 heterocycles. The van der Waals surface area contributed by atoms with Crippen LogP contribution < -0.4 is 0 Å². The summed E-state index contributed by atoms with van der Waals surface area (Å²) in [5, 5.41) is 10.2. The van der Waals surface area contributed by atoms with Crippen LogP contribution in [0.4, 0.5) is 0 Å². The summed E-state index contributed by atoms with van der Waals surface area (Å²) >= 11 is 0. The molecule has 0 bridgehead atoms. The van der Waals surface area contributed by atoms with Gasteiger partial charge in [-0.05, 0) is 30.5 Å². The summed E-state index contributed by atoms with van der Waals surface area (Å²) in [5.74, 6) is 0.482. The van der Waals surface area contributed by atoms with Gasteiger partial charge >= 0.3 is 0 Å². The van der Waals surface area contributed by atoms with Crippen molar-refractivity contribution in [2.24, 2.45) is 0 Å². The second-order valence-corrected chi connectivity index (χ2v) is 4.35. The first-order valence-corrected chi connectivity index (χ1v) is 6.24. The summed E-state index contributed by atoms with van der Waals surface area (Å²) in [6.45, 7) is 4.29. The van der Waals surface area contributed by atoms with Gasteiger partial charge in [0.05, 0.1) is 0 Å². The Morgan fingerprint density at radius 3 is 2.59 bits per heavy atom. The molecule has 2 nitrogen and oxygen atoms in total. The molecule has 0 amide bonds. The van der Waals surface area contributed by atoms with E-state index >= 15 is 0 Å². The van der Waals surface area contributed by atoms with E-state index in [0.29, 0.717) is 5.76 Å². The second kappa shape index (κ2) is 5.05. The number of hydrogen-bond acceptors (Lipinski definition) is 2. The maximum atomic E-state index is 9.08. The van der Waals surface area contributed by atoms with E-state index in [1.807, 2.05) is 6.07 Å². The molecule has 0 atom stereocenters. The van der Waals surface area contributed by atoms with Gasteiger partial charge in [-0.15, -0.1) is 0 Å². The molecule has 1 aromatic carbocycles. The predicted octanol–water partition coefficient (Wildman–Crippen LogP) is 4.21. The number of benzene rings is 1. The molecule has 0 unspecified atom stereocenters. The minimum Gasteiger partial charge on any atom is -0.445 e. The summed E-state index contributed by atoms with van der Waals surface area (Å²) in [6.07, 6.45) is 4.15. The lowest BCUT2D eigenvalue weighted by molar-refractivity contribution is 0.592. The number of aryl methyl sites for hydroxylation is 2. The van der Waals surface area contributed by atoms with E-state index in [0.717, 1.165) is 42.2 Å².